The van der Waals surface area contributed by atoms with E-state index in [4.69, 9.17) is 21.3 Å². The highest BCUT2D eigenvalue weighted by molar-refractivity contribution is 5.75. The van der Waals surface area contributed by atoms with Gasteiger partial charge in [0.15, 0.2) is 0 Å². The van der Waals surface area contributed by atoms with Gasteiger partial charge in [0.05, 0.1) is 30.4 Å². The van der Waals surface area contributed by atoms with Gasteiger partial charge in [-0.15, -0.1) is 0 Å². The largest absolute Gasteiger partial charge is 0.477 e. The number of ether oxygens (including phenoxy) is 1. The number of hydrogen-bond donors (Lipinski definition) is 6. The van der Waals surface area contributed by atoms with E-state index in [0.717, 1.165) is 0 Å². The first kappa shape index (κ1) is 14.3. The third-order valence-corrected chi connectivity index (χ3v) is 2.91. The number of carboxylic acids is 1. The maximum atomic E-state index is 10.8. The van der Waals surface area contributed by atoms with Crippen molar-refractivity contribution in [3.63, 3.8) is 0 Å². The summed E-state index contributed by atoms with van der Waals surface area (Å²) in [4.78, 5) is 10.8. The van der Waals surface area contributed by atoms with Crippen LogP contribution >= 0.6 is 0 Å². The van der Waals surface area contributed by atoms with Gasteiger partial charge in [-0.25, -0.2) is 4.79 Å². The van der Waals surface area contributed by atoms with E-state index in [1.807, 2.05) is 0 Å². The lowest BCUT2D eigenvalue weighted by atomic mass is 9.89. The molecule has 0 spiro atoms. The fourth-order valence-electron chi connectivity index (χ4n) is 1.74. The topological polar surface area (TPSA) is 159 Å². The zero-order chi connectivity index (χ0) is 13.4. The molecule has 8 N–H and O–H groups in total. The molecular formula is C9H18N2O6. The summed E-state index contributed by atoms with van der Waals surface area (Å²) in [5.74, 6) is -4.17. The molecule has 1 aliphatic rings. The molecule has 0 amide bonds. The van der Waals surface area contributed by atoms with Gasteiger partial charge in [0.25, 0.3) is 5.79 Å². The molecule has 1 aliphatic heterocycles. The Labute approximate surface area is 97.8 Å². The Morgan fingerprint density at radius 1 is 1.59 bits per heavy atom. The molecule has 1 heterocycles. The molecule has 0 radical (unpaired) electrons. The molecule has 1 fully saturated rings. The summed E-state index contributed by atoms with van der Waals surface area (Å²) in [6, 6.07) is -1.98. The predicted molar refractivity (Wildman–Crippen MR) is 55.7 cm³/mol. The van der Waals surface area contributed by atoms with Crippen LogP contribution in [0.25, 0.3) is 0 Å². The molecule has 0 saturated carbocycles. The lowest BCUT2D eigenvalue weighted by Crippen LogP contribution is -2.66. The zero-order valence-electron chi connectivity index (χ0n) is 9.35. The summed E-state index contributed by atoms with van der Waals surface area (Å²) in [7, 11) is 0. The van der Waals surface area contributed by atoms with Crippen molar-refractivity contribution in [2.75, 3.05) is 0 Å². The highest BCUT2D eigenvalue weighted by atomic mass is 16.7. The van der Waals surface area contributed by atoms with Crippen molar-refractivity contribution in [2.24, 2.45) is 11.5 Å². The summed E-state index contributed by atoms with van der Waals surface area (Å²) in [6.07, 6.45) is -4.00. The van der Waals surface area contributed by atoms with Crippen molar-refractivity contribution >= 4 is 5.97 Å². The smallest absolute Gasteiger partial charge is 0.364 e. The van der Waals surface area contributed by atoms with Gasteiger partial charge in [0, 0.05) is 6.42 Å². The second-order valence-corrected chi connectivity index (χ2v) is 4.34. The molecule has 0 aromatic carbocycles. The highest BCUT2D eigenvalue weighted by Crippen LogP contribution is 2.28. The van der Waals surface area contributed by atoms with Crippen LogP contribution in [0.4, 0.5) is 0 Å². The molecule has 0 aromatic heterocycles. The molecule has 8 nitrogen and oxygen atoms in total. The molecule has 1 rings (SSSR count). The first-order valence-corrected chi connectivity index (χ1v) is 5.20. The molecule has 100 valence electrons. The summed E-state index contributed by atoms with van der Waals surface area (Å²) < 4.78 is 4.93. The Kier molecular flexibility index (Phi) is 4.07. The number of nitrogens with two attached hydrogens (primary N) is 2. The van der Waals surface area contributed by atoms with E-state index in [0.29, 0.717) is 0 Å². The quantitative estimate of drug-likeness (QED) is 0.308. The number of aliphatic hydroxyl groups excluding tert-OH is 2. The van der Waals surface area contributed by atoms with E-state index in [9.17, 15) is 20.1 Å². The van der Waals surface area contributed by atoms with Gasteiger partial charge in [-0.05, 0) is 6.92 Å². The van der Waals surface area contributed by atoms with Gasteiger partial charge in [0.1, 0.15) is 0 Å². The molecule has 0 aromatic rings. The Balaban J connectivity index is 2.93. The van der Waals surface area contributed by atoms with Gasteiger partial charge < -0.3 is 36.6 Å². The molecule has 1 unspecified atom stereocenters. The summed E-state index contributed by atoms with van der Waals surface area (Å²) in [5.41, 5.74) is 11.2. The SMILES string of the molecule is C[C@H](O)[C@H](N)[C@@H]1OC(O)(C(=O)O)C[C@H](O)[C@@H]1N. The van der Waals surface area contributed by atoms with Crippen molar-refractivity contribution in [3.05, 3.63) is 0 Å². The average Bonchev–Trinajstić information content (AvgIpc) is 2.22. The zero-order valence-corrected chi connectivity index (χ0v) is 9.35. The Hall–Kier alpha value is -0.770. The number of hydrogen-bond acceptors (Lipinski definition) is 7. The monoisotopic (exact) mass is 250 g/mol. The number of aliphatic carboxylic acids is 1. The fraction of sp³-hybridized carbons (Fsp3) is 0.889. The second kappa shape index (κ2) is 4.84. The lowest BCUT2D eigenvalue weighted by molar-refractivity contribution is -0.279. The standard InChI is InChI=1S/C9H18N2O6/c1-3(12)5(10)7-6(11)4(13)2-9(16,17-7)8(14)15/h3-7,12-13,16H,2,10-11H2,1H3,(H,14,15)/t3-,4-,5-,6-,7-,9?/m0/s1. The van der Waals surface area contributed by atoms with Crippen LogP contribution in [0.15, 0.2) is 0 Å². The van der Waals surface area contributed by atoms with E-state index in [2.05, 4.69) is 0 Å². The van der Waals surface area contributed by atoms with Crippen LogP contribution in [-0.2, 0) is 9.53 Å². The minimum Gasteiger partial charge on any atom is -0.477 e. The van der Waals surface area contributed by atoms with Crippen molar-refractivity contribution < 1.29 is 30.0 Å². The number of aliphatic hydroxyl groups is 3. The Morgan fingerprint density at radius 2 is 2.12 bits per heavy atom. The summed E-state index contributed by atoms with van der Waals surface area (Å²) in [6.45, 7) is 1.38. The van der Waals surface area contributed by atoms with Crippen molar-refractivity contribution in [3.8, 4) is 0 Å². The maximum Gasteiger partial charge on any atom is 0.364 e. The van der Waals surface area contributed by atoms with Crippen LogP contribution in [0.3, 0.4) is 0 Å². The molecule has 6 atom stereocenters. The van der Waals surface area contributed by atoms with Gasteiger partial charge in [-0.1, -0.05) is 0 Å². The van der Waals surface area contributed by atoms with Crippen LogP contribution in [0.2, 0.25) is 0 Å². The molecule has 0 bridgehead atoms. The van der Waals surface area contributed by atoms with Crippen molar-refractivity contribution in [1.29, 1.82) is 0 Å². The second-order valence-electron chi connectivity index (χ2n) is 4.34. The van der Waals surface area contributed by atoms with E-state index < -0.39 is 48.6 Å². The van der Waals surface area contributed by atoms with Crippen molar-refractivity contribution in [1.82, 2.24) is 0 Å². The molecule has 0 aliphatic carbocycles. The van der Waals surface area contributed by atoms with Crippen LogP contribution in [0.5, 0.6) is 0 Å². The highest BCUT2D eigenvalue weighted by Gasteiger charge is 2.51. The van der Waals surface area contributed by atoms with Crippen LogP contribution in [0.1, 0.15) is 13.3 Å². The van der Waals surface area contributed by atoms with Gasteiger partial charge in [-0.2, -0.15) is 0 Å². The number of carbonyl (C=O) groups is 1. The third-order valence-electron chi connectivity index (χ3n) is 2.91. The minimum absolute atomic E-state index is 0.549. The summed E-state index contributed by atoms with van der Waals surface area (Å²) in [5, 5.41) is 37.4. The molecule has 1 saturated heterocycles. The van der Waals surface area contributed by atoms with Crippen molar-refractivity contribution in [2.45, 2.75) is 49.5 Å². The molecular weight excluding hydrogens is 232 g/mol. The normalized spacial score (nSPS) is 41.9. The Bertz CT molecular complexity index is 295. The van der Waals surface area contributed by atoms with Crippen LogP contribution in [-0.4, -0.2) is 62.6 Å². The van der Waals surface area contributed by atoms with Crippen LogP contribution in [0, 0.1) is 0 Å². The first-order chi connectivity index (χ1) is 7.69. The van der Waals surface area contributed by atoms with E-state index >= 15 is 0 Å². The predicted octanol–water partition coefficient (Wildman–Crippen LogP) is -3.06. The maximum absolute atomic E-state index is 10.8. The fourth-order valence-corrected chi connectivity index (χ4v) is 1.74. The van der Waals surface area contributed by atoms with E-state index in [1.54, 1.807) is 0 Å². The summed E-state index contributed by atoms with van der Waals surface area (Å²) >= 11 is 0. The van der Waals surface area contributed by atoms with Gasteiger partial charge in [-0.3, -0.25) is 0 Å². The number of carboxylic acid groups (broad SMARTS) is 1. The molecule has 17 heavy (non-hydrogen) atoms. The average molecular weight is 250 g/mol. The van der Waals surface area contributed by atoms with Gasteiger partial charge >= 0.3 is 5.97 Å². The Morgan fingerprint density at radius 3 is 2.53 bits per heavy atom. The van der Waals surface area contributed by atoms with Crippen LogP contribution < -0.4 is 11.5 Å². The number of rotatable bonds is 3. The first-order valence-electron chi connectivity index (χ1n) is 5.20. The third kappa shape index (κ3) is 2.73. The minimum atomic E-state index is -2.54. The molecule has 8 heteroatoms. The van der Waals surface area contributed by atoms with Gasteiger partial charge in [0.2, 0.25) is 0 Å². The lowest BCUT2D eigenvalue weighted by Gasteiger charge is -2.43. The van der Waals surface area contributed by atoms with E-state index in [-0.39, 0.29) is 0 Å². The van der Waals surface area contributed by atoms with E-state index in [1.165, 1.54) is 6.92 Å².